The Labute approximate surface area is 200 Å². The zero-order chi connectivity index (χ0) is 25.8. The second-order valence-electron chi connectivity index (χ2n) is 8.76. The molecule has 7 nitrogen and oxygen atoms in total. The summed E-state index contributed by atoms with van der Waals surface area (Å²) in [5.41, 5.74) is 2.76. The van der Waals surface area contributed by atoms with Crippen LogP contribution < -0.4 is 10.6 Å². The number of aliphatic carboxylic acids is 1. The third-order valence-electron chi connectivity index (χ3n) is 6.37. The molecule has 2 amide bonds. The number of nitrogens with one attached hydrogen (secondary N) is 2. The maximum atomic E-state index is 13.1. The van der Waals surface area contributed by atoms with Crippen LogP contribution in [0.25, 0.3) is 11.1 Å². The number of rotatable bonds is 9. The number of benzene rings is 2. The molecule has 0 heterocycles. The number of hydrogen-bond acceptors (Lipinski definition) is 4. The monoisotopic (exact) mass is 492 g/mol. The lowest BCUT2D eigenvalue weighted by Gasteiger charge is -2.30. The van der Waals surface area contributed by atoms with Crippen LogP contribution in [0.4, 0.5) is 18.0 Å². The molecule has 0 aliphatic heterocycles. The second kappa shape index (κ2) is 10.4. The van der Waals surface area contributed by atoms with Gasteiger partial charge in [-0.1, -0.05) is 55.5 Å². The van der Waals surface area contributed by atoms with E-state index in [-0.39, 0.29) is 25.5 Å². The molecule has 1 aliphatic rings. The van der Waals surface area contributed by atoms with E-state index >= 15 is 0 Å². The molecule has 0 radical (unpaired) electrons. The van der Waals surface area contributed by atoms with E-state index in [4.69, 9.17) is 9.84 Å². The van der Waals surface area contributed by atoms with Crippen LogP contribution in [0, 0.1) is 5.41 Å². The van der Waals surface area contributed by atoms with Crippen molar-refractivity contribution in [2.45, 2.75) is 44.8 Å². The summed E-state index contributed by atoms with van der Waals surface area (Å²) in [4.78, 5) is 35.8. The van der Waals surface area contributed by atoms with Crippen LogP contribution in [0.3, 0.4) is 0 Å². The van der Waals surface area contributed by atoms with Gasteiger partial charge in [-0.2, -0.15) is 13.2 Å². The highest BCUT2D eigenvalue weighted by Gasteiger charge is 2.44. The van der Waals surface area contributed by atoms with Gasteiger partial charge in [-0.15, -0.1) is 0 Å². The van der Waals surface area contributed by atoms with Gasteiger partial charge in [-0.25, -0.2) is 4.79 Å². The molecule has 3 rings (SSSR count). The predicted molar refractivity (Wildman–Crippen MR) is 122 cm³/mol. The van der Waals surface area contributed by atoms with Gasteiger partial charge in [0, 0.05) is 12.5 Å². The van der Waals surface area contributed by atoms with E-state index in [2.05, 4.69) is 5.32 Å². The van der Waals surface area contributed by atoms with Gasteiger partial charge in [-0.05, 0) is 35.6 Å². The molecule has 0 fully saturated rings. The molecule has 2 unspecified atom stereocenters. The Morgan fingerprint density at radius 3 is 2.06 bits per heavy atom. The molecule has 10 heteroatoms. The first kappa shape index (κ1) is 26.1. The van der Waals surface area contributed by atoms with Gasteiger partial charge in [0.15, 0.2) is 0 Å². The van der Waals surface area contributed by atoms with Crippen molar-refractivity contribution in [3.05, 3.63) is 59.7 Å². The maximum absolute atomic E-state index is 13.1. The zero-order valence-corrected chi connectivity index (χ0v) is 19.3. The first-order chi connectivity index (χ1) is 16.5. The maximum Gasteiger partial charge on any atom is 0.409 e. The average Bonchev–Trinajstić information content (AvgIpc) is 3.13. The average molecular weight is 492 g/mol. The molecule has 0 bridgehead atoms. The number of carboxylic acids is 1. The fourth-order valence-corrected chi connectivity index (χ4v) is 4.04. The highest BCUT2D eigenvalue weighted by molar-refractivity contribution is 5.84. The van der Waals surface area contributed by atoms with E-state index in [1.54, 1.807) is 12.2 Å². The van der Waals surface area contributed by atoms with Crippen LogP contribution >= 0.6 is 0 Å². The Morgan fingerprint density at radius 1 is 1.03 bits per heavy atom. The minimum atomic E-state index is -4.93. The molecule has 2 aromatic carbocycles. The number of halogens is 3. The minimum Gasteiger partial charge on any atom is -0.481 e. The van der Waals surface area contributed by atoms with E-state index in [1.165, 1.54) is 6.92 Å². The Morgan fingerprint density at radius 2 is 1.57 bits per heavy atom. The third-order valence-corrected chi connectivity index (χ3v) is 6.37. The first-order valence-electron chi connectivity index (χ1n) is 11.1. The van der Waals surface area contributed by atoms with Gasteiger partial charge < -0.3 is 20.5 Å². The van der Waals surface area contributed by atoms with E-state index in [0.717, 1.165) is 22.3 Å². The number of hydrogen-bond donors (Lipinski definition) is 3. The molecule has 0 saturated carbocycles. The van der Waals surface area contributed by atoms with Crippen molar-refractivity contribution in [2.24, 2.45) is 5.41 Å². The van der Waals surface area contributed by atoms with Gasteiger partial charge >= 0.3 is 18.2 Å². The molecule has 3 N–H and O–H groups in total. The number of alkyl carbamates (subject to hydrolysis) is 1. The van der Waals surface area contributed by atoms with Crippen LogP contribution in [0.5, 0.6) is 0 Å². The van der Waals surface area contributed by atoms with Crippen LogP contribution in [0.2, 0.25) is 0 Å². The third kappa shape index (κ3) is 5.93. The topological polar surface area (TPSA) is 105 Å². The van der Waals surface area contributed by atoms with Crippen molar-refractivity contribution in [2.75, 3.05) is 13.2 Å². The number of alkyl halides is 3. The number of carbonyl (C=O) groups excluding carboxylic acids is 2. The highest BCUT2D eigenvalue weighted by Crippen LogP contribution is 2.44. The van der Waals surface area contributed by atoms with Crippen LogP contribution in [0.15, 0.2) is 48.5 Å². The summed E-state index contributed by atoms with van der Waals surface area (Å²) in [6, 6.07) is 13.1. The highest BCUT2D eigenvalue weighted by atomic mass is 19.4. The summed E-state index contributed by atoms with van der Waals surface area (Å²) in [5, 5.41) is 13.0. The number of amides is 2. The Bertz CT molecular complexity index is 1060. The minimum absolute atomic E-state index is 0.0453. The summed E-state index contributed by atoms with van der Waals surface area (Å²) in [7, 11) is 0. The fourth-order valence-electron chi connectivity index (χ4n) is 4.04. The van der Waals surface area contributed by atoms with Gasteiger partial charge in [0.05, 0.1) is 11.8 Å². The lowest BCUT2D eigenvalue weighted by Crippen LogP contribution is -2.54. The number of fused-ring (bicyclic) bond motifs is 3. The molecule has 35 heavy (non-hydrogen) atoms. The summed E-state index contributed by atoms with van der Waals surface area (Å²) in [5.74, 6) is -2.87. The summed E-state index contributed by atoms with van der Waals surface area (Å²) >= 11 is 0. The lowest BCUT2D eigenvalue weighted by atomic mass is 9.86. The summed E-state index contributed by atoms with van der Waals surface area (Å²) in [6.07, 6.45) is -6.94. The number of carbonyl (C=O) groups is 3. The smallest absolute Gasteiger partial charge is 0.409 e. The van der Waals surface area contributed by atoms with Crippen molar-refractivity contribution in [1.29, 1.82) is 0 Å². The number of ether oxygens (including phenoxy) is 1. The molecule has 0 spiro atoms. The fraction of sp³-hybridized carbons (Fsp3) is 0.400. The molecular formula is C25H27F3N2O5. The van der Waals surface area contributed by atoms with Gasteiger partial charge in [0.25, 0.3) is 0 Å². The first-order valence-corrected chi connectivity index (χ1v) is 11.1. The molecular weight excluding hydrogens is 465 g/mol. The molecule has 188 valence electrons. The molecule has 1 aliphatic carbocycles. The zero-order valence-electron chi connectivity index (χ0n) is 19.3. The summed E-state index contributed by atoms with van der Waals surface area (Å²) in [6.45, 7) is 2.73. The van der Waals surface area contributed by atoms with Gasteiger partial charge in [0.1, 0.15) is 12.6 Å². The van der Waals surface area contributed by atoms with E-state index in [9.17, 15) is 27.6 Å². The van der Waals surface area contributed by atoms with Gasteiger partial charge in [-0.3, -0.25) is 9.59 Å². The standard InChI is InChI=1S/C25H27F3N2O5/c1-3-24(2,22(33)30-20(12-21(31)32)25(26,27)28)14-29-23(34)35-13-19-17-10-6-4-8-15(17)16-9-5-7-11-18(16)19/h4-11,19-20H,3,12-14H2,1-2H3,(H,29,34)(H,30,33)(H,31,32). The van der Waals surface area contributed by atoms with Crippen molar-refractivity contribution >= 4 is 18.0 Å². The van der Waals surface area contributed by atoms with Crippen molar-refractivity contribution in [3.63, 3.8) is 0 Å². The molecule has 2 aromatic rings. The van der Waals surface area contributed by atoms with E-state index in [0.29, 0.717) is 0 Å². The van der Waals surface area contributed by atoms with Crippen molar-refractivity contribution in [3.8, 4) is 11.1 Å². The quantitative estimate of drug-likeness (QED) is 0.479. The SMILES string of the molecule is CCC(C)(CNC(=O)OCC1c2ccccc2-c2ccccc21)C(=O)NC(CC(=O)O)C(F)(F)F. The summed E-state index contributed by atoms with van der Waals surface area (Å²) < 4.78 is 44.8. The second-order valence-corrected chi connectivity index (χ2v) is 8.76. The molecule has 0 saturated heterocycles. The largest absolute Gasteiger partial charge is 0.481 e. The van der Waals surface area contributed by atoms with Crippen LogP contribution in [-0.2, 0) is 14.3 Å². The van der Waals surface area contributed by atoms with E-state index in [1.807, 2.05) is 48.5 Å². The van der Waals surface area contributed by atoms with Crippen LogP contribution in [0.1, 0.15) is 43.7 Å². The van der Waals surface area contributed by atoms with Gasteiger partial charge in [0.2, 0.25) is 5.91 Å². The van der Waals surface area contributed by atoms with Crippen molar-refractivity contribution < 1.29 is 37.4 Å². The van der Waals surface area contributed by atoms with Crippen LogP contribution in [-0.4, -0.2) is 48.4 Å². The lowest BCUT2D eigenvalue weighted by molar-refractivity contribution is -0.172. The predicted octanol–water partition coefficient (Wildman–Crippen LogP) is 4.46. The van der Waals surface area contributed by atoms with E-state index < -0.39 is 42.0 Å². The Hall–Kier alpha value is -3.56. The normalized spacial score (nSPS) is 15.3. The molecule has 2 atom stereocenters. The Balaban J connectivity index is 1.61. The molecule has 0 aromatic heterocycles. The van der Waals surface area contributed by atoms with Crippen molar-refractivity contribution in [1.82, 2.24) is 10.6 Å². The Kier molecular flexibility index (Phi) is 7.72. The number of carboxylic acid groups (broad SMARTS) is 1.